The Kier molecular flexibility index (Phi) is 5.32. The van der Waals surface area contributed by atoms with E-state index in [0.717, 1.165) is 11.3 Å². The Morgan fingerprint density at radius 3 is 2.73 bits per heavy atom. The van der Waals surface area contributed by atoms with Crippen LogP contribution in [0, 0.1) is 0 Å². The molecule has 0 aromatic heterocycles. The first-order chi connectivity index (χ1) is 10.4. The second-order valence-electron chi connectivity index (χ2n) is 5.23. The van der Waals surface area contributed by atoms with Crippen LogP contribution in [0.3, 0.4) is 0 Å². The van der Waals surface area contributed by atoms with E-state index in [9.17, 15) is 4.79 Å². The average Bonchev–Trinajstić information content (AvgIpc) is 2.90. The van der Waals surface area contributed by atoms with Crippen LogP contribution in [0.1, 0.15) is 20.8 Å². The molecule has 0 amide bonds. The molecule has 0 N–H and O–H groups in total. The minimum Gasteiger partial charge on any atom is -0.464 e. The zero-order valence-corrected chi connectivity index (χ0v) is 14.1. The molecule has 0 aromatic carbocycles. The maximum absolute atomic E-state index is 12.1. The number of rotatable bonds is 4. The summed E-state index contributed by atoms with van der Waals surface area (Å²) in [4.78, 5) is 14.0. The lowest BCUT2D eigenvalue weighted by molar-refractivity contribution is -0.147. The fraction of sp³-hybridized carbons (Fsp3) is 0.562. The number of carbonyl (C=O) groups is 1. The predicted octanol–water partition coefficient (Wildman–Crippen LogP) is 2.58. The van der Waals surface area contributed by atoms with Gasteiger partial charge in [0.25, 0.3) is 0 Å². The normalized spacial score (nSPS) is 24.9. The molecule has 6 heteroatoms. The van der Waals surface area contributed by atoms with Crippen LogP contribution in [0.15, 0.2) is 34.5 Å². The summed E-state index contributed by atoms with van der Waals surface area (Å²) in [5, 5.41) is 0.493. The van der Waals surface area contributed by atoms with E-state index in [2.05, 4.69) is 0 Å². The summed E-state index contributed by atoms with van der Waals surface area (Å²) in [5.74, 6) is -1.16. The molecule has 22 heavy (non-hydrogen) atoms. The van der Waals surface area contributed by atoms with Crippen molar-refractivity contribution in [1.82, 2.24) is 4.90 Å². The Morgan fingerprint density at radius 2 is 2.18 bits per heavy atom. The molecule has 1 saturated heterocycles. The van der Waals surface area contributed by atoms with Crippen LogP contribution in [0.25, 0.3) is 0 Å². The van der Waals surface area contributed by atoms with E-state index >= 15 is 0 Å². The Bertz CT molecular complexity index is 532. The van der Waals surface area contributed by atoms with Crippen LogP contribution in [0.2, 0.25) is 0 Å². The molecular weight excluding hydrogens is 306 g/mol. The number of hydrogen-bond donors (Lipinski definition) is 0. The standard InChI is InChI=1S/C16H22ClNO4/c1-5-12(16(3)21-7-8-22-16)13-9-11(17)10-14(18(13)4)15(19)20-6-2/h5,9-10,14H,6-8H2,1-4H3/b12-5+. The molecule has 5 nitrogen and oxygen atoms in total. The van der Waals surface area contributed by atoms with E-state index in [4.69, 9.17) is 25.8 Å². The third kappa shape index (κ3) is 3.21. The predicted molar refractivity (Wildman–Crippen MR) is 84.3 cm³/mol. The van der Waals surface area contributed by atoms with Crippen molar-refractivity contribution in [2.45, 2.75) is 32.6 Å². The van der Waals surface area contributed by atoms with Gasteiger partial charge in [-0.05, 0) is 32.9 Å². The maximum Gasteiger partial charge on any atom is 0.332 e. The van der Waals surface area contributed by atoms with Crippen LogP contribution < -0.4 is 0 Å². The van der Waals surface area contributed by atoms with Gasteiger partial charge < -0.3 is 19.1 Å². The van der Waals surface area contributed by atoms with Crippen LogP contribution in [-0.2, 0) is 19.0 Å². The second-order valence-corrected chi connectivity index (χ2v) is 5.67. The molecule has 1 fully saturated rings. The Hall–Kier alpha value is -1.30. The first-order valence-corrected chi connectivity index (χ1v) is 7.74. The molecule has 0 aliphatic carbocycles. The summed E-state index contributed by atoms with van der Waals surface area (Å²) in [7, 11) is 1.83. The smallest absolute Gasteiger partial charge is 0.332 e. The molecule has 0 spiro atoms. The number of nitrogens with zero attached hydrogens (tertiary/aromatic N) is 1. The molecule has 122 valence electrons. The Morgan fingerprint density at radius 1 is 1.55 bits per heavy atom. The maximum atomic E-state index is 12.1. The first kappa shape index (κ1) is 17.1. The van der Waals surface area contributed by atoms with Gasteiger partial charge in [-0.15, -0.1) is 0 Å². The van der Waals surface area contributed by atoms with E-state index in [1.807, 2.05) is 37.9 Å². The summed E-state index contributed by atoms with van der Waals surface area (Å²) in [5.41, 5.74) is 1.63. The zero-order chi connectivity index (χ0) is 16.3. The highest BCUT2D eigenvalue weighted by Gasteiger charge is 2.40. The van der Waals surface area contributed by atoms with Crippen LogP contribution >= 0.6 is 11.6 Å². The highest BCUT2D eigenvalue weighted by atomic mass is 35.5. The third-order valence-electron chi connectivity index (χ3n) is 3.81. The zero-order valence-electron chi connectivity index (χ0n) is 13.4. The van der Waals surface area contributed by atoms with Crippen molar-refractivity contribution in [3.8, 4) is 0 Å². The largest absolute Gasteiger partial charge is 0.464 e. The second kappa shape index (κ2) is 6.86. The number of ether oxygens (including phenoxy) is 3. The fourth-order valence-electron chi connectivity index (χ4n) is 2.73. The van der Waals surface area contributed by atoms with E-state index in [-0.39, 0.29) is 5.97 Å². The van der Waals surface area contributed by atoms with Crippen molar-refractivity contribution in [2.75, 3.05) is 26.9 Å². The number of esters is 1. The number of carbonyl (C=O) groups excluding carboxylic acids is 1. The van der Waals surface area contributed by atoms with E-state index in [1.54, 1.807) is 13.0 Å². The summed E-state index contributed by atoms with van der Waals surface area (Å²) >= 11 is 6.21. The summed E-state index contributed by atoms with van der Waals surface area (Å²) in [6, 6.07) is -0.563. The molecule has 2 aliphatic rings. The topological polar surface area (TPSA) is 48.0 Å². The van der Waals surface area contributed by atoms with Crippen molar-refractivity contribution in [3.63, 3.8) is 0 Å². The Labute approximate surface area is 136 Å². The molecule has 2 heterocycles. The highest BCUT2D eigenvalue weighted by Crippen LogP contribution is 2.36. The van der Waals surface area contributed by atoms with Crippen molar-refractivity contribution in [1.29, 1.82) is 0 Å². The van der Waals surface area contributed by atoms with Gasteiger partial charge in [0.15, 0.2) is 5.79 Å². The number of halogens is 1. The van der Waals surface area contributed by atoms with Gasteiger partial charge in [-0.2, -0.15) is 0 Å². The monoisotopic (exact) mass is 327 g/mol. The lowest BCUT2D eigenvalue weighted by atomic mass is 9.98. The molecule has 1 atom stereocenters. The fourth-order valence-corrected chi connectivity index (χ4v) is 2.95. The molecule has 1 unspecified atom stereocenters. The van der Waals surface area contributed by atoms with E-state index < -0.39 is 11.8 Å². The quantitative estimate of drug-likeness (QED) is 0.743. The average molecular weight is 328 g/mol. The van der Waals surface area contributed by atoms with E-state index in [1.165, 1.54) is 0 Å². The van der Waals surface area contributed by atoms with E-state index in [0.29, 0.717) is 24.9 Å². The van der Waals surface area contributed by atoms with Gasteiger partial charge in [0, 0.05) is 23.4 Å². The summed E-state index contributed by atoms with van der Waals surface area (Å²) < 4.78 is 16.6. The third-order valence-corrected chi connectivity index (χ3v) is 4.04. The first-order valence-electron chi connectivity index (χ1n) is 7.36. The number of allylic oxidation sites excluding steroid dienone is 3. The minimum atomic E-state index is -0.831. The van der Waals surface area contributed by atoms with Crippen LogP contribution in [0.5, 0.6) is 0 Å². The van der Waals surface area contributed by atoms with Gasteiger partial charge in [-0.25, -0.2) is 4.79 Å². The lowest BCUT2D eigenvalue weighted by Crippen LogP contribution is -2.43. The summed E-state index contributed by atoms with van der Waals surface area (Å²) in [6.07, 6.45) is 5.41. The highest BCUT2D eigenvalue weighted by molar-refractivity contribution is 6.31. The molecule has 0 saturated carbocycles. The van der Waals surface area contributed by atoms with Gasteiger partial charge in [0.1, 0.15) is 6.04 Å². The summed E-state index contributed by atoms with van der Waals surface area (Å²) in [6.45, 7) is 6.96. The molecule has 2 aliphatic heterocycles. The molecule has 0 radical (unpaired) electrons. The lowest BCUT2D eigenvalue weighted by Gasteiger charge is -2.36. The van der Waals surface area contributed by atoms with Crippen LogP contribution in [-0.4, -0.2) is 49.6 Å². The number of hydrogen-bond acceptors (Lipinski definition) is 5. The van der Waals surface area contributed by atoms with Gasteiger partial charge in [0.2, 0.25) is 0 Å². The van der Waals surface area contributed by atoms with Crippen molar-refractivity contribution >= 4 is 17.6 Å². The SMILES string of the molecule is C/C=C(\C1=CC(Cl)=CC(C(=O)OCC)N1C)C1(C)OCCO1. The van der Waals surface area contributed by atoms with Gasteiger partial charge in [-0.1, -0.05) is 17.7 Å². The Balaban J connectivity index is 2.33. The van der Waals surface area contributed by atoms with Crippen LogP contribution in [0.4, 0.5) is 0 Å². The van der Waals surface area contributed by atoms with Gasteiger partial charge in [0.05, 0.1) is 19.8 Å². The van der Waals surface area contributed by atoms with Crippen molar-refractivity contribution in [3.05, 3.63) is 34.5 Å². The molecule has 0 aromatic rings. The molecule has 2 rings (SSSR count). The van der Waals surface area contributed by atoms with Gasteiger partial charge in [-0.3, -0.25) is 0 Å². The van der Waals surface area contributed by atoms with Crippen molar-refractivity contribution < 1.29 is 19.0 Å². The van der Waals surface area contributed by atoms with Gasteiger partial charge >= 0.3 is 5.97 Å². The molecule has 0 bridgehead atoms. The minimum absolute atomic E-state index is 0.327. The number of likely N-dealkylation sites (N-methyl/N-ethyl adjacent to an activating group) is 1. The van der Waals surface area contributed by atoms with Crippen molar-refractivity contribution in [2.24, 2.45) is 0 Å². The molecular formula is C16H22ClNO4.